The summed E-state index contributed by atoms with van der Waals surface area (Å²) >= 11 is 3.83. The fourth-order valence-corrected chi connectivity index (χ4v) is 2.53. The molecule has 74 valence electrons. The van der Waals surface area contributed by atoms with Crippen molar-refractivity contribution in [1.82, 2.24) is 5.32 Å². The molecular formula is C10H17NS2. The molecule has 3 heteroatoms. The molecule has 0 saturated heterocycles. The molecule has 0 spiro atoms. The van der Waals surface area contributed by atoms with Crippen LogP contribution in [0.2, 0.25) is 0 Å². The first-order chi connectivity index (χ1) is 6.34. The van der Waals surface area contributed by atoms with Gasteiger partial charge in [0, 0.05) is 23.7 Å². The van der Waals surface area contributed by atoms with Crippen LogP contribution >= 0.6 is 23.1 Å². The van der Waals surface area contributed by atoms with Crippen LogP contribution in [0, 0.1) is 6.92 Å². The lowest BCUT2D eigenvalue weighted by Gasteiger charge is -2.02. The standard InChI is InChI=1S/C10H17NS2/c1-3-12-7-5-11-8-10-9(2)4-6-13-10/h4,6,11H,3,5,7-8H2,1-2H3. The van der Waals surface area contributed by atoms with E-state index in [-0.39, 0.29) is 0 Å². The van der Waals surface area contributed by atoms with Gasteiger partial charge in [-0.05, 0) is 29.7 Å². The van der Waals surface area contributed by atoms with Crippen molar-refractivity contribution in [3.63, 3.8) is 0 Å². The number of thioether (sulfide) groups is 1. The number of hydrogen-bond acceptors (Lipinski definition) is 3. The largest absolute Gasteiger partial charge is 0.311 e. The van der Waals surface area contributed by atoms with Crippen LogP contribution in [0.1, 0.15) is 17.4 Å². The van der Waals surface area contributed by atoms with E-state index >= 15 is 0 Å². The quantitative estimate of drug-likeness (QED) is 0.732. The van der Waals surface area contributed by atoms with Crippen LogP contribution < -0.4 is 5.32 Å². The Hall–Kier alpha value is 0.0100. The third kappa shape index (κ3) is 4.16. The van der Waals surface area contributed by atoms with E-state index in [1.165, 1.54) is 21.9 Å². The van der Waals surface area contributed by atoms with E-state index in [9.17, 15) is 0 Å². The summed E-state index contributed by atoms with van der Waals surface area (Å²) in [5, 5.41) is 5.61. The van der Waals surface area contributed by atoms with Gasteiger partial charge in [0.25, 0.3) is 0 Å². The predicted octanol–water partition coefficient (Wildman–Crippen LogP) is 2.90. The van der Waals surface area contributed by atoms with Gasteiger partial charge in [-0.25, -0.2) is 0 Å². The van der Waals surface area contributed by atoms with E-state index in [2.05, 4.69) is 30.6 Å². The lowest BCUT2D eigenvalue weighted by atomic mass is 10.3. The second-order valence-electron chi connectivity index (χ2n) is 2.90. The van der Waals surface area contributed by atoms with E-state index in [0.29, 0.717) is 0 Å². The van der Waals surface area contributed by atoms with Gasteiger partial charge < -0.3 is 5.32 Å². The van der Waals surface area contributed by atoms with Crippen LogP contribution in [0.5, 0.6) is 0 Å². The fraction of sp³-hybridized carbons (Fsp3) is 0.600. The molecule has 1 nitrogen and oxygen atoms in total. The lowest BCUT2D eigenvalue weighted by Crippen LogP contribution is -2.16. The average Bonchev–Trinajstić information content (AvgIpc) is 2.52. The molecule has 0 bridgehead atoms. The Morgan fingerprint density at radius 3 is 3.00 bits per heavy atom. The van der Waals surface area contributed by atoms with Crippen molar-refractivity contribution < 1.29 is 0 Å². The Balaban J connectivity index is 2.10. The van der Waals surface area contributed by atoms with E-state index in [4.69, 9.17) is 0 Å². The summed E-state index contributed by atoms with van der Waals surface area (Å²) in [5.41, 5.74) is 1.42. The summed E-state index contributed by atoms with van der Waals surface area (Å²) in [7, 11) is 0. The van der Waals surface area contributed by atoms with E-state index in [0.717, 1.165) is 13.1 Å². The molecule has 1 heterocycles. The summed E-state index contributed by atoms with van der Waals surface area (Å²) < 4.78 is 0. The highest BCUT2D eigenvalue weighted by Gasteiger charge is 1.97. The van der Waals surface area contributed by atoms with Gasteiger partial charge in [-0.2, -0.15) is 11.8 Å². The zero-order valence-electron chi connectivity index (χ0n) is 8.30. The number of rotatable bonds is 6. The minimum Gasteiger partial charge on any atom is -0.311 e. The molecular weight excluding hydrogens is 198 g/mol. The van der Waals surface area contributed by atoms with Crippen molar-refractivity contribution in [3.8, 4) is 0 Å². The molecule has 1 rings (SSSR count). The third-order valence-corrected chi connectivity index (χ3v) is 3.81. The summed E-state index contributed by atoms with van der Waals surface area (Å²) in [4.78, 5) is 1.47. The minimum absolute atomic E-state index is 1.04. The Morgan fingerprint density at radius 2 is 2.38 bits per heavy atom. The number of hydrogen-bond donors (Lipinski definition) is 1. The molecule has 0 atom stereocenters. The molecule has 0 radical (unpaired) electrons. The molecule has 13 heavy (non-hydrogen) atoms. The number of aryl methyl sites for hydroxylation is 1. The first-order valence-electron chi connectivity index (χ1n) is 4.66. The second-order valence-corrected chi connectivity index (χ2v) is 5.30. The highest BCUT2D eigenvalue weighted by atomic mass is 32.2. The normalized spacial score (nSPS) is 10.6. The molecule has 0 aliphatic rings. The summed E-state index contributed by atoms with van der Waals surface area (Å²) in [6, 6.07) is 2.18. The topological polar surface area (TPSA) is 12.0 Å². The van der Waals surface area contributed by atoms with Crippen molar-refractivity contribution in [1.29, 1.82) is 0 Å². The van der Waals surface area contributed by atoms with Crippen molar-refractivity contribution in [3.05, 3.63) is 21.9 Å². The van der Waals surface area contributed by atoms with E-state index in [1.54, 1.807) is 0 Å². The first-order valence-corrected chi connectivity index (χ1v) is 6.69. The summed E-state index contributed by atoms with van der Waals surface area (Å²) in [5.74, 6) is 2.45. The van der Waals surface area contributed by atoms with Crippen molar-refractivity contribution in [2.75, 3.05) is 18.1 Å². The second kappa shape index (κ2) is 6.46. The monoisotopic (exact) mass is 215 g/mol. The van der Waals surface area contributed by atoms with Gasteiger partial charge in [0.05, 0.1) is 0 Å². The van der Waals surface area contributed by atoms with E-state index in [1.807, 2.05) is 23.1 Å². The van der Waals surface area contributed by atoms with Gasteiger partial charge in [0.2, 0.25) is 0 Å². The van der Waals surface area contributed by atoms with Crippen LogP contribution in [0.3, 0.4) is 0 Å². The van der Waals surface area contributed by atoms with E-state index < -0.39 is 0 Å². The molecule has 0 fully saturated rings. The fourth-order valence-electron chi connectivity index (χ4n) is 1.08. The molecule has 0 aliphatic heterocycles. The molecule has 1 N–H and O–H groups in total. The number of nitrogens with one attached hydrogen (secondary N) is 1. The molecule has 0 aliphatic carbocycles. The van der Waals surface area contributed by atoms with Gasteiger partial charge in [0.15, 0.2) is 0 Å². The van der Waals surface area contributed by atoms with Gasteiger partial charge in [-0.3, -0.25) is 0 Å². The van der Waals surface area contributed by atoms with Crippen molar-refractivity contribution in [2.45, 2.75) is 20.4 Å². The van der Waals surface area contributed by atoms with Crippen LogP contribution in [0.15, 0.2) is 11.4 Å². The first kappa shape index (κ1) is 11.1. The highest BCUT2D eigenvalue weighted by molar-refractivity contribution is 7.99. The highest BCUT2D eigenvalue weighted by Crippen LogP contribution is 2.14. The zero-order chi connectivity index (χ0) is 9.52. The predicted molar refractivity (Wildman–Crippen MR) is 63.8 cm³/mol. The number of thiophene rings is 1. The minimum atomic E-state index is 1.04. The Kier molecular flexibility index (Phi) is 5.51. The van der Waals surface area contributed by atoms with Gasteiger partial charge in [-0.1, -0.05) is 6.92 Å². The third-order valence-electron chi connectivity index (χ3n) is 1.88. The zero-order valence-corrected chi connectivity index (χ0v) is 9.93. The molecule has 0 unspecified atom stereocenters. The maximum atomic E-state index is 3.45. The Labute approximate surface area is 88.9 Å². The van der Waals surface area contributed by atoms with Crippen LogP contribution in [-0.4, -0.2) is 18.1 Å². The Morgan fingerprint density at radius 1 is 1.54 bits per heavy atom. The van der Waals surface area contributed by atoms with Gasteiger partial charge in [0.1, 0.15) is 0 Å². The Bertz CT molecular complexity index is 233. The summed E-state index contributed by atoms with van der Waals surface area (Å²) in [6.07, 6.45) is 0. The maximum absolute atomic E-state index is 3.45. The van der Waals surface area contributed by atoms with Crippen molar-refractivity contribution in [2.24, 2.45) is 0 Å². The maximum Gasteiger partial charge on any atom is 0.0302 e. The smallest absolute Gasteiger partial charge is 0.0302 e. The van der Waals surface area contributed by atoms with Gasteiger partial charge >= 0.3 is 0 Å². The molecule has 0 amide bonds. The SMILES string of the molecule is CCSCCNCc1sccc1C. The average molecular weight is 215 g/mol. The molecule has 1 aromatic rings. The van der Waals surface area contributed by atoms with Gasteiger partial charge in [-0.15, -0.1) is 11.3 Å². The lowest BCUT2D eigenvalue weighted by molar-refractivity contribution is 0.738. The van der Waals surface area contributed by atoms with Crippen LogP contribution in [-0.2, 0) is 6.54 Å². The molecule has 0 aromatic carbocycles. The van der Waals surface area contributed by atoms with Crippen LogP contribution in [0.25, 0.3) is 0 Å². The summed E-state index contributed by atoms with van der Waals surface area (Å²) in [6.45, 7) is 6.53. The molecule has 0 saturated carbocycles. The molecule has 1 aromatic heterocycles. The van der Waals surface area contributed by atoms with Crippen LogP contribution in [0.4, 0.5) is 0 Å². The van der Waals surface area contributed by atoms with Crippen molar-refractivity contribution >= 4 is 23.1 Å².